The Morgan fingerprint density at radius 2 is 2.25 bits per heavy atom. The molecule has 0 atom stereocenters. The molecule has 0 saturated heterocycles. The topological polar surface area (TPSA) is 53.1 Å². The lowest BCUT2D eigenvalue weighted by molar-refractivity contribution is 0.0690. The Morgan fingerprint density at radius 1 is 1.67 bits per heavy atom. The van der Waals surface area contributed by atoms with Crippen LogP contribution < -0.4 is 0 Å². The van der Waals surface area contributed by atoms with Crippen molar-refractivity contribution in [2.24, 2.45) is 0 Å². The largest absolute Gasteiger partial charge is 0.477 e. The highest BCUT2D eigenvalue weighted by Crippen LogP contribution is 2.23. The molecular formula is C8H10BrNO2. The van der Waals surface area contributed by atoms with Crippen LogP contribution in [0.15, 0.2) is 4.60 Å². The van der Waals surface area contributed by atoms with Crippen LogP contribution in [0.5, 0.6) is 0 Å². The van der Waals surface area contributed by atoms with Crippen molar-refractivity contribution in [2.75, 3.05) is 0 Å². The minimum Gasteiger partial charge on any atom is -0.477 e. The van der Waals surface area contributed by atoms with Crippen LogP contribution in [-0.4, -0.2) is 16.1 Å². The minimum absolute atomic E-state index is 0.277. The number of halogens is 1. The Morgan fingerprint density at radius 3 is 2.50 bits per heavy atom. The second kappa shape index (κ2) is 3.31. The molecule has 0 unspecified atom stereocenters. The fourth-order valence-electron chi connectivity index (χ4n) is 1.23. The summed E-state index contributed by atoms with van der Waals surface area (Å²) in [6.45, 7) is 3.80. The summed E-state index contributed by atoms with van der Waals surface area (Å²) < 4.78 is 0.778. The maximum Gasteiger partial charge on any atom is 0.352 e. The zero-order chi connectivity index (χ0) is 9.30. The monoisotopic (exact) mass is 231 g/mol. The molecule has 1 aromatic rings. The highest BCUT2D eigenvalue weighted by atomic mass is 79.9. The number of hydrogen-bond acceptors (Lipinski definition) is 1. The minimum atomic E-state index is -0.909. The summed E-state index contributed by atoms with van der Waals surface area (Å²) in [5.41, 5.74) is 2.13. The van der Waals surface area contributed by atoms with Crippen LogP contribution >= 0.6 is 15.9 Å². The molecule has 12 heavy (non-hydrogen) atoms. The van der Waals surface area contributed by atoms with Crippen molar-refractivity contribution < 1.29 is 9.90 Å². The molecule has 66 valence electrons. The van der Waals surface area contributed by atoms with Crippen molar-refractivity contribution in [3.8, 4) is 0 Å². The van der Waals surface area contributed by atoms with Crippen molar-refractivity contribution in [3.05, 3.63) is 21.4 Å². The lowest BCUT2D eigenvalue weighted by Gasteiger charge is -1.94. The van der Waals surface area contributed by atoms with Crippen molar-refractivity contribution in [3.63, 3.8) is 0 Å². The molecule has 0 aromatic carbocycles. The highest BCUT2D eigenvalue weighted by Gasteiger charge is 2.15. The first kappa shape index (κ1) is 9.32. The van der Waals surface area contributed by atoms with Crippen LogP contribution in [-0.2, 0) is 6.42 Å². The summed E-state index contributed by atoms with van der Waals surface area (Å²) in [5, 5.41) is 8.75. The first-order valence-corrected chi connectivity index (χ1v) is 4.47. The van der Waals surface area contributed by atoms with Crippen LogP contribution in [0.1, 0.15) is 28.5 Å². The Hall–Kier alpha value is -0.770. The van der Waals surface area contributed by atoms with Gasteiger partial charge in [-0.15, -0.1) is 0 Å². The van der Waals surface area contributed by atoms with Gasteiger partial charge in [0.05, 0.1) is 4.60 Å². The Bertz CT molecular complexity index is 317. The predicted molar refractivity (Wildman–Crippen MR) is 49.6 cm³/mol. The van der Waals surface area contributed by atoms with Crippen LogP contribution in [0.25, 0.3) is 0 Å². The standard InChI is InChI=1S/C8H10BrNO2/c1-3-5-4(2)6(8(11)12)10-7(5)9/h10H,3H2,1-2H3,(H,11,12). The van der Waals surface area contributed by atoms with Gasteiger partial charge in [0.2, 0.25) is 0 Å². The second-order valence-electron chi connectivity index (χ2n) is 2.58. The van der Waals surface area contributed by atoms with Crippen molar-refractivity contribution in [1.82, 2.24) is 4.98 Å². The van der Waals surface area contributed by atoms with E-state index in [1.165, 1.54) is 0 Å². The average Bonchev–Trinajstić information content (AvgIpc) is 2.27. The maximum absolute atomic E-state index is 10.7. The zero-order valence-corrected chi connectivity index (χ0v) is 8.53. The first-order chi connectivity index (χ1) is 5.57. The molecule has 0 spiro atoms. The van der Waals surface area contributed by atoms with E-state index in [-0.39, 0.29) is 5.69 Å². The molecule has 0 saturated carbocycles. The van der Waals surface area contributed by atoms with Gasteiger partial charge in [-0.25, -0.2) is 4.79 Å². The summed E-state index contributed by atoms with van der Waals surface area (Å²) in [7, 11) is 0. The Labute approximate surface area is 78.9 Å². The van der Waals surface area contributed by atoms with E-state index in [0.29, 0.717) is 0 Å². The molecule has 4 heteroatoms. The van der Waals surface area contributed by atoms with E-state index in [4.69, 9.17) is 5.11 Å². The average molecular weight is 232 g/mol. The number of hydrogen-bond donors (Lipinski definition) is 2. The lowest BCUT2D eigenvalue weighted by atomic mass is 10.1. The number of carbonyl (C=O) groups is 1. The molecule has 1 heterocycles. The predicted octanol–water partition coefficient (Wildman–Crippen LogP) is 2.35. The van der Waals surface area contributed by atoms with Crippen molar-refractivity contribution in [1.29, 1.82) is 0 Å². The number of aromatic amines is 1. The van der Waals surface area contributed by atoms with E-state index >= 15 is 0 Å². The van der Waals surface area contributed by atoms with E-state index in [1.807, 2.05) is 13.8 Å². The molecule has 0 radical (unpaired) electrons. The Kier molecular flexibility index (Phi) is 2.57. The molecule has 3 nitrogen and oxygen atoms in total. The van der Waals surface area contributed by atoms with Gasteiger partial charge in [0.15, 0.2) is 0 Å². The fourth-order valence-corrected chi connectivity index (χ4v) is 2.00. The quantitative estimate of drug-likeness (QED) is 0.822. The third-order valence-corrected chi connectivity index (χ3v) is 2.57. The van der Waals surface area contributed by atoms with Crippen molar-refractivity contribution in [2.45, 2.75) is 20.3 Å². The van der Waals surface area contributed by atoms with Gasteiger partial charge >= 0.3 is 5.97 Å². The molecule has 0 aliphatic heterocycles. The number of aromatic nitrogens is 1. The molecule has 0 bridgehead atoms. The third-order valence-electron chi connectivity index (χ3n) is 1.89. The van der Waals surface area contributed by atoms with Gasteiger partial charge in [0.25, 0.3) is 0 Å². The summed E-state index contributed by atoms with van der Waals surface area (Å²) in [6, 6.07) is 0. The van der Waals surface area contributed by atoms with Gasteiger partial charge in [-0.05, 0) is 40.4 Å². The molecule has 0 aliphatic rings. The summed E-state index contributed by atoms with van der Waals surface area (Å²) >= 11 is 3.28. The van der Waals surface area contributed by atoms with E-state index in [0.717, 1.165) is 22.2 Å². The zero-order valence-electron chi connectivity index (χ0n) is 6.94. The fraction of sp³-hybridized carbons (Fsp3) is 0.375. The SMILES string of the molecule is CCc1c(Br)[nH]c(C(=O)O)c1C. The molecule has 0 aliphatic carbocycles. The number of aromatic carboxylic acids is 1. The van der Waals surface area contributed by atoms with Crippen molar-refractivity contribution >= 4 is 21.9 Å². The van der Waals surface area contributed by atoms with E-state index < -0.39 is 5.97 Å². The van der Waals surface area contributed by atoms with Gasteiger partial charge in [-0.1, -0.05) is 6.92 Å². The normalized spacial score (nSPS) is 10.2. The van der Waals surface area contributed by atoms with E-state index in [9.17, 15) is 4.79 Å². The Balaban J connectivity index is 3.26. The third kappa shape index (κ3) is 1.39. The number of carboxylic acids is 1. The van der Waals surface area contributed by atoms with Gasteiger partial charge in [0.1, 0.15) is 5.69 Å². The lowest BCUT2D eigenvalue weighted by Crippen LogP contribution is -1.98. The smallest absolute Gasteiger partial charge is 0.352 e. The molecule has 2 N–H and O–H groups in total. The van der Waals surface area contributed by atoms with Crippen LogP contribution in [0.3, 0.4) is 0 Å². The number of rotatable bonds is 2. The van der Waals surface area contributed by atoms with E-state index in [2.05, 4.69) is 20.9 Å². The summed E-state index contributed by atoms with van der Waals surface area (Å²) in [6.07, 6.45) is 0.830. The maximum atomic E-state index is 10.7. The summed E-state index contributed by atoms with van der Waals surface area (Å²) in [4.78, 5) is 13.4. The second-order valence-corrected chi connectivity index (χ2v) is 3.37. The van der Waals surface area contributed by atoms with Gasteiger partial charge < -0.3 is 10.1 Å². The summed E-state index contributed by atoms with van der Waals surface area (Å²) in [5.74, 6) is -0.909. The number of H-pyrrole nitrogens is 1. The number of nitrogens with one attached hydrogen (secondary N) is 1. The molecular weight excluding hydrogens is 222 g/mol. The van der Waals surface area contributed by atoms with Gasteiger partial charge in [-0.3, -0.25) is 0 Å². The molecule has 1 aromatic heterocycles. The highest BCUT2D eigenvalue weighted by molar-refractivity contribution is 9.10. The van der Waals surface area contributed by atoms with Crippen LogP contribution in [0, 0.1) is 6.92 Å². The van der Waals surface area contributed by atoms with Gasteiger partial charge in [0, 0.05) is 0 Å². The van der Waals surface area contributed by atoms with Gasteiger partial charge in [-0.2, -0.15) is 0 Å². The first-order valence-electron chi connectivity index (χ1n) is 3.68. The molecule has 0 amide bonds. The number of carboxylic acid groups (broad SMARTS) is 1. The molecule has 0 fully saturated rings. The van der Waals surface area contributed by atoms with Crippen LogP contribution in [0.4, 0.5) is 0 Å². The van der Waals surface area contributed by atoms with Crippen LogP contribution in [0.2, 0.25) is 0 Å². The molecule has 1 rings (SSSR count). The van der Waals surface area contributed by atoms with E-state index in [1.54, 1.807) is 0 Å².